The van der Waals surface area contributed by atoms with Gasteiger partial charge >= 0.3 is 0 Å². The minimum atomic E-state index is 0.644. The van der Waals surface area contributed by atoms with Gasteiger partial charge in [0.2, 0.25) is 0 Å². The number of nitrogen functional groups attached to an aromatic ring is 1. The Hall–Kier alpha value is -1.25. The lowest BCUT2D eigenvalue weighted by Gasteiger charge is -2.27. The number of anilines is 2. The molecule has 3 heteroatoms. The maximum absolute atomic E-state index is 5.98. The van der Waals surface area contributed by atoms with E-state index < -0.39 is 0 Å². The van der Waals surface area contributed by atoms with E-state index in [1.807, 2.05) is 6.07 Å². The van der Waals surface area contributed by atoms with Crippen LogP contribution in [-0.4, -0.2) is 18.1 Å². The second kappa shape index (κ2) is 7.24. The molecular formula is C15H27N3. The average Bonchev–Trinajstić information content (AvgIpc) is 2.30. The van der Waals surface area contributed by atoms with Gasteiger partial charge in [-0.2, -0.15) is 0 Å². The molecule has 0 saturated heterocycles. The van der Waals surface area contributed by atoms with Crippen LogP contribution in [0.15, 0.2) is 18.3 Å². The highest BCUT2D eigenvalue weighted by Crippen LogP contribution is 2.22. The summed E-state index contributed by atoms with van der Waals surface area (Å²) in [6.45, 7) is 11.1. The molecule has 0 spiro atoms. The van der Waals surface area contributed by atoms with Gasteiger partial charge in [-0.1, -0.05) is 27.7 Å². The van der Waals surface area contributed by atoms with E-state index in [2.05, 4.69) is 43.6 Å². The van der Waals surface area contributed by atoms with Crippen LogP contribution >= 0.6 is 0 Å². The quantitative estimate of drug-likeness (QED) is 0.803. The molecule has 0 aliphatic carbocycles. The zero-order valence-corrected chi connectivity index (χ0v) is 12.2. The summed E-state index contributed by atoms with van der Waals surface area (Å²) in [4.78, 5) is 6.57. The molecule has 18 heavy (non-hydrogen) atoms. The van der Waals surface area contributed by atoms with Gasteiger partial charge in [-0.3, -0.25) is 0 Å². The van der Waals surface area contributed by atoms with Crippen molar-refractivity contribution in [2.75, 3.05) is 23.7 Å². The molecule has 2 N–H and O–H groups in total. The van der Waals surface area contributed by atoms with Gasteiger partial charge in [0, 0.05) is 19.3 Å². The van der Waals surface area contributed by atoms with Crippen molar-refractivity contribution in [1.29, 1.82) is 0 Å². The summed E-state index contributed by atoms with van der Waals surface area (Å²) in [6, 6.07) is 4.03. The normalized spacial score (nSPS) is 11.2. The second-order valence-corrected chi connectivity index (χ2v) is 5.76. The van der Waals surface area contributed by atoms with Crippen LogP contribution in [-0.2, 0) is 0 Å². The first kappa shape index (κ1) is 14.8. The van der Waals surface area contributed by atoms with Crippen LogP contribution in [0.3, 0.4) is 0 Å². The predicted octanol–water partition coefficient (Wildman–Crippen LogP) is 3.56. The number of rotatable bonds is 7. The maximum atomic E-state index is 5.98. The fourth-order valence-electron chi connectivity index (χ4n) is 1.86. The highest BCUT2D eigenvalue weighted by atomic mass is 15.1. The largest absolute Gasteiger partial charge is 0.382 e. The number of hydrogen-bond acceptors (Lipinski definition) is 3. The molecule has 1 heterocycles. The Bertz CT molecular complexity index is 335. The van der Waals surface area contributed by atoms with Gasteiger partial charge in [0.1, 0.15) is 5.82 Å². The van der Waals surface area contributed by atoms with Crippen molar-refractivity contribution in [1.82, 2.24) is 4.98 Å². The number of aromatic nitrogens is 1. The molecule has 0 atom stereocenters. The molecule has 1 aromatic heterocycles. The molecule has 0 fully saturated rings. The first-order chi connectivity index (χ1) is 8.50. The van der Waals surface area contributed by atoms with Gasteiger partial charge in [0.05, 0.1) is 5.69 Å². The van der Waals surface area contributed by atoms with Crippen LogP contribution in [0.4, 0.5) is 11.5 Å². The predicted molar refractivity (Wildman–Crippen MR) is 79.8 cm³/mol. The van der Waals surface area contributed by atoms with Gasteiger partial charge in [-0.15, -0.1) is 0 Å². The Morgan fingerprint density at radius 2 is 1.67 bits per heavy atom. The summed E-state index contributed by atoms with van der Waals surface area (Å²) in [6.07, 6.45) is 4.13. The van der Waals surface area contributed by atoms with Gasteiger partial charge in [-0.05, 0) is 36.8 Å². The first-order valence-corrected chi connectivity index (χ1v) is 6.96. The summed E-state index contributed by atoms with van der Waals surface area (Å²) in [7, 11) is 0. The van der Waals surface area contributed by atoms with Crippen LogP contribution in [0.5, 0.6) is 0 Å². The summed E-state index contributed by atoms with van der Waals surface area (Å²) in [5.41, 5.74) is 7.06. The Morgan fingerprint density at radius 3 is 2.11 bits per heavy atom. The SMILES string of the molecule is CC(C)CCN(CCC(C)C)c1cccnc1N. The molecule has 0 radical (unpaired) electrons. The van der Waals surface area contributed by atoms with Crippen molar-refractivity contribution >= 4 is 11.5 Å². The second-order valence-electron chi connectivity index (χ2n) is 5.76. The summed E-state index contributed by atoms with van der Waals surface area (Å²) >= 11 is 0. The molecule has 0 aliphatic rings. The smallest absolute Gasteiger partial charge is 0.146 e. The number of pyridine rings is 1. The maximum Gasteiger partial charge on any atom is 0.146 e. The van der Waals surface area contributed by atoms with E-state index in [4.69, 9.17) is 5.73 Å². The standard InChI is InChI=1S/C15H27N3/c1-12(2)7-10-18(11-8-13(3)4)14-6-5-9-17-15(14)16/h5-6,9,12-13H,7-8,10-11H2,1-4H3,(H2,16,17). The molecular weight excluding hydrogens is 222 g/mol. The van der Waals surface area contributed by atoms with E-state index in [1.165, 1.54) is 12.8 Å². The van der Waals surface area contributed by atoms with Crippen LogP contribution in [0.25, 0.3) is 0 Å². The monoisotopic (exact) mass is 249 g/mol. The third-order valence-corrected chi connectivity index (χ3v) is 3.11. The Labute approximate surface area is 111 Å². The van der Waals surface area contributed by atoms with Crippen molar-refractivity contribution in [3.63, 3.8) is 0 Å². The van der Waals surface area contributed by atoms with Crippen LogP contribution < -0.4 is 10.6 Å². The summed E-state index contributed by atoms with van der Waals surface area (Å²) in [5, 5.41) is 0. The van der Waals surface area contributed by atoms with Crippen molar-refractivity contribution in [3.8, 4) is 0 Å². The number of nitrogens with two attached hydrogens (primary N) is 1. The number of hydrogen-bond donors (Lipinski definition) is 1. The van der Waals surface area contributed by atoms with Crippen LogP contribution in [0.1, 0.15) is 40.5 Å². The third-order valence-electron chi connectivity index (χ3n) is 3.11. The fraction of sp³-hybridized carbons (Fsp3) is 0.667. The minimum Gasteiger partial charge on any atom is -0.382 e. The topological polar surface area (TPSA) is 42.2 Å². The molecule has 1 aromatic rings. The van der Waals surface area contributed by atoms with E-state index in [-0.39, 0.29) is 0 Å². The van der Waals surface area contributed by atoms with E-state index >= 15 is 0 Å². The third kappa shape index (κ3) is 4.94. The average molecular weight is 249 g/mol. The fourth-order valence-corrected chi connectivity index (χ4v) is 1.86. The molecule has 3 nitrogen and oxygen atoms in total. The van der Waals surface area contributed by atoms with Crippen molar-refractivity contribution in [2.24, 2.45) is 11.8 Å². The lowest BCUT2D eigenvalue weighted by molar-refractivity contribution is 0.535. The molecule has 0 saturated carbocycles. The molecule has 102 valence electrons. The molecule has 0 amide bonds. The lowest BCUT2D eigenvalue weighted by atomic mass is 10.1. The Kier molecular flexibility index (Phi) is 5.96. The van der Waals surface area contributed by atoms with E-state index in [9.17, 15) is 0 Å². The van der Waals surface area contributed by atoms with Gasteiger partial charge in [-0.25, -0.2) is 4.98 Å². The zero-order valence-electron chi connectivity index (χ0n) is 12.2. The lowest BCUT2D eigenvalue weighted by Crippen LogP contribution is -2.28. The molecule has 1 rings (SSSR count). The first-order valence-electron chi connectivity index (χ1n) is 6.96. The number of nitrogens with zero attached hydrogens (tertiary/aromatic N) is 2. The summed E-state index contributed by atoms with van der Waals surface area (Å²) in [5.74, 6) is 2.07. The van der Waals surface area contributed by atoms with E-state index in [0.717, 1.165) is 18.8 Å². The van der Waals surface area contributed by atoms with E-state index in [0.29, 0.717) is 17.7 Å². The summed E-state index contributed by atoms with van der Waals surface area (Å²) < 4.78 is 0. The van der Waals surface area contributed by atoms with Crippen LogP contribution in [0.2, 0.25) is 0 Å². The highest BCUT2D eigenvalue weighted by Gasteiger charge is 2.11. The Morgan fingerprint density at radius 1 is 1.11 bits per heavy atom. The molecule has 0 unspecified atom stereocenters. The van der Waals surface area contributed by atoms with Gasteiger partial charge < -0.3 is 10.6 Å². The highest BCUT2D eigenvalue weighted by molar-refractivity contribution is 5.62. The molecule has 0 aliphatic heterocycles. The molecule has 0 bridgehead atoms. The molecule has 0 aromatic carbocycles. The van der Waals surface area contributed by atoms with Crippen molar-refractivity contribution in [2.45, 2.75) is 40.5 Å². The Balaban J connectivity index is 2.73. The van der Waals surface area contributed by atoms with Gasteiger partial charge in [0.15, 0.2) is 0 Å². The van der Waals surface area contributed by atoms with Crippen molar-refractivity contribution in [3.05, 3.63) is 18.3 Å². The zero-order chi connectivity index (χ0) is 13.5. The van der Waals surface area contributed by atoms with Crippen LogP contribution in [0, 0.1) is 11.8 Å². The van der Waals surface area contributed by atoms with Crippen molar-refractivity contribution < 1.29 is 0 Å². The van der Waals surface area contributed by atoms with E-state index in [1.54, 1.807) is 6.20 Å². The minimum absolute atomic E-state index is 0.644. The van der Waals surface area contributed by atoms with Gasteiger partial charge in [0.25, 0.3) is 0 Å².